The van der Waals surface area contributed by atoms with Gasteiger partial charge >= 0.3 is 0 Å². The summed E-state index contributed by atoms with van der Waals surface area (Å²) in [5.74, 6) is 5.12. The molecule has 1 aliphatic rings. The van der Waals surface area contributed by atoms with E-state index in [1.165, 1.54) is 16.7 Å². The number of nitrogens with two attached hydrogens (primary N) is 1. The van der Waals surface area contributed by atoms with Crippen LogP contribution in [-0.2, 0) is 4.79 Å². The number of benzene rings is 1. The van der Waals surface area contributed by atoms with Crippen molar-refractivity contribution in [3.63, 3.8) is 0 Å². The van der Waals surface area contributed by atoms with Gasteiger partial charge in [-0.3, -0.25) is 10.2 Å². The summed E-state index contributed by atoms with van der Waals surface area (Å²) in [6.07, 6.45) is 2.20. The van der Waals surface area contributed by atoms with Gasteiger partial charge in [-0.2, -0.15) is 0 Å². The van der Waals surface area contributed by atoms with Crippen molar-refractivity contribution in [1.29, 1.82) is 0 Å². The highest BCUT2D eigenvalue weighted by Gasteiger charge is 2.36. The molecule has 1 atom stereocenters. The molecule has 0 bridgehead atoms. The SMILES string of the molecule is CC1=CC(C)(C)N([C@H](C)C(=O)NN)c2cc(C)ccc21. The average molecular weight is 273 g/mol. The lowest BCUT2D eigenvalue weighted by molar-refractivity contribution is -0.122. The molecular formula is C16H23N3O. The summed E-state index contributed by atoms with van der Waals surface area (Å²) in [7, 11) is 0. The van der Waals surface area contributed by atoms with Crippen LogP contribution in [0.15, 0.2) is 24.3 Å². The van der Waals surface area contributed by atoms with E-state index >= 15 is 0 Å². The third-order valence-corrected chi connectivity index (χ3v) is 3.94. The maximum Gasteiger partial charge on any atom is 0.256 e. The number of nitrogens with zero attached hydrogens (tertiary/aromatic N) is 1. The van der Waals surface area contributed by atoms with Crippen LogP contribution >= 0.6 is 0 Å². The first kappa shape index (κ1) is 14.6. The molecule has 4 nitrogen and oxygen atoms in total. The van der Waals surface area contributed by atoms with Gasteiger partial charge in [-0.25, -0.2) is 5.84 Å². The molecule has 1 amide bonds. The fourth-order valence-electron chi connectivity index (χ4n) is 3.11. The quantitative estimate of drug-likeness (QED) is 0.494. The van der Waals surface area contributed by atoms with E-state index in [-0.39, 0.29) is 17.5 Å². The molecule has 1 aromatic carbocycles. The topological polar surface area (TPSA) is 58.4 Å². The Hall–Kier alpha value is -1.81. The molecule has 0 radical (unpaired) electrons. The van der Waals surface area contributed by atoms with Crippen molar-refractivity contribution in [2.75, 3.05) is 4.90 Å². The molecule has 0 unspecified atom stereocenters. The Morgan fingerprint density at radius 1 is 1.35 bits per heavy atom. The van der Waals surface area contributed by atoms with E-state index < -0.39 is 0 Å². The fourth-order valence-corrected chi connectivity index (χ4v) is 3.11. The van der Waals surface area contributed by atoms with E-state index in [4.69, 9.17) is 5.84 Å². The Balaban J connectivity index is 2.61. The number of amides is 1. The number of hydrogen-bond acceptors (Lipinski definition) is 3. The molecule has 1 aliphatic heterocycles. The second-order valence-electron chi connectivity index (χ2n) is 6.06. The third kappa shape index (κ3) is 2.31. The lowest BCUT2D eigenvalue weighted by Crippen LogP contribution is -2.56. The molecule has 4 heteroatoms. The number of allylic oxidation sites excluding steroid dienone is 1. The van der Waals surface area contributed by atoms with Gasteiger partial charge in [-0.1, -0.05) is 18.2 Å². The fraction of sp³-hybridized carbons (Fsp3) is 0.438. The molecule has 0 saturated carbocycles. The van der Waals surface area contributed by atoms with Gasteiger partial charge < -0.3 is 4.90 Å². The van der Waals surface area contributed by atoms with Crippen LogP contribution in [0.3, 0.4) is 0 Å². The number of nitrogens with one attached hydrogen (secondary N) is 1. The van der Waals surface area contributed by atoms with Crippen LogP contribution < -0.4 is 16.2 Å². The minimum Gasteiger partial charge on any atom is -0.351 e. The smallest absolute Gasteiger partial charge is 0.256 e. The second-order valence-corrected chi connectivity index (χ2v) is 6.06. The van der Waals surface area contributed by atoms with Gasteiger partial charge in [-0.05, 0) is 51.8 Å². The van der Waals surface area contributed by atoms with Crippen LogP contribution in [0.5, 0.6) is 0 Å². The van der Waals surface area contributed by atoms with Crippen molar-refractivity contribution in [2.24, 2.45) is 5.84 Å². The van der Waals surface area contributed by atoms with E-state index in [0.717, 1.165) is 5.69 Å². The van der Waals surface area contributed by atoms with Gasteiger partial charge in [0.15, 0.2) is 0 Å². The highest BCUT2D eigenvalue weighted by Crippen LogP contribution is 2.40. The molecule has 1 heterocycles. The van der Waals surface area contributed by atoms with Crippen LogP contribution in [-0.4, -0.2) is 17.5 Å². The molecule has 0 spiro atoms. The summed E-state index contributed by atoms with van der Waals surface area (Å²) in [6.45, 7) is 10.3. The lowest BCUT2D eigenvalue weighted by Gasteiger charge is -2.46. The number of aryl methyl sites for hydroxylation is 1. The zero-order valence-corrected chi connectivity index (χ0v) is 12.8. The Morgan fingerprint density at radius 3 is 2.60 bits per heavy atom. The Kier molecular flexibility index (Phi) is 3.61. The van der Waals surface area contributed by atoms with E-state index in [1.807, 2.05) is 6.92 Å². The lowest BCUT2D eigenvalue weighted by atomic mass is 9.87. The van der Waals surface area contributed by atoms with Gasteiger partial charge in [-0.15, -0.1) is 0 Å². The predicted molar refractivity (Wildman–Crippen MR) is 83.2 cm³/mol. The summed E-state index contributed by atoms with van der Waals surface area (Å²) in [5, 5.41) is 0. The van der Waals surface area contributed by atoms with Gasteiger partial charge in [0.1, 0.15) is 6.04 Å². The molecule has 1 aromatic rings. The largest absolute Gasteiger partial charge is 0.351 e. The van der Waals surface area contributed by atoms with Gasteiger partial charge in [0.25, 0.3) is 5.91 Å². The van der Waals surface area contributed by atoms with Crippen molar-refractivity contribution in [1.82, 2.24) is 5.43 Å². The monoisotopic (exact) mass is 273 g/mol. The first-order chi connectivity index (χ1) is 9.27. The van der Waals surface area contributed by atoms with Gasteiger partial charge in [0.05, 0.1) is 5.54 Å². The van der Waals surface area contributed by atoms with Crippen molar-refractivity contribution in [2.45, 2.75) is 46.2 Å². The van der Waals surface area contributed by atoms with Crippen LogP contribution in [0.2, 0.25) is 0 Å². The Morgan fingerprint density at radius 2 is 2.00 bits per heavy atom. The average Bonchev–Trinajstić information content (AvgIpc) is 2.35. The molecule has 0 fully saturated rings. The molecule has 0 aromatic heterocycles. The Bertz CT molecular complexity index is 575. The van der Waals surface area contributed by atoms with Crippen LogP contribution in [0, 0.1) is 6.92 Å². The van der Waals surface area contributed by atoms with Gasteiger partial charge in [0.2, 0.25) is 0 Å². The van der Waals surface area contributed by atoms with E-state index in [0.29, 0.717) is 0 Å². The van der Waals surface area contributed by atoms with Crippen LogP contribution in [0.4, 0.5) is 5.69 Å². The van der Waals surface area contributed by atoms with E-state index in [1.54, 1.807) is 0 Å². The van der Waals surface area contributed by atoms with Crippen molar-refractivity contribution < 1.29 is 4.79 Å². The van der Waals surface area contributed by atoms with E-state index in [9.17, 15) is 4.79 Å². The zero-order valence-electron chi connectivity index (χ0n) is 12.8. The van der Waals surface area contributed by atoms with Crippen molar-refractivity contribution in [3.05, 3.63) is 35.4 Å². The highest BCUT2D eigenvalue weighted by atomic mass is 16.2. The standard InChI is InChI=1S/C16H23N3O/c1-10-6-7-13-11(2)9-16(4,5)19(14(13)8-10)12(3)15(20)18-17/h6-9,12H,17H2,1-5H3,(H,18,20)/t12-/m1/s1. The predicted octanol–water partition coefficient (Wildman–Crippen LogP) is 2.38. The molecule has 108 valence electrons. The van der Waals surface area contributed by atoms with Crippen LogP contribution in [0.25, 0.3) is 5.57 Å². The van der Waals surface area contributed by atoms with Crippen molar-refractivity contribution >= 4 is 17.2 Å². The van der Waals surface area contributed by atoms with Crippen molar-refractivity contribution in [3.8, 4) is 0 Å². The summed E-state index contributed by atoms with van der Waals surface area (Å²) in [5.41, 5.74) is 6.70. The summed E-state index contributed by atoms with van der Waals surface area (Å²) in [4.78, 5) is 14.1. The molecule has 20 heavy (non-hydrogen) atoms. The maximum atomic E-state index is 12.0. The molecular weight excluding hydrogens is 250 g/mol. The number of carbonyl (C=O) groups excluding carboxylic acids is 1. The number of carbonyl (C=O) groups is 1. The van der Waals surface area contributed by atoms with Crippen LogP contribution in [0.1, 0.15) is 38.8 Å². The highest BCUT2D eigenvalue weighted by molar-refractivity contribution is 5.89. The molecule has 0 saturated heterocycles. The zero-order chi connectivity index (χ0) is 15.1. The first-order valence-electron chi connectivity index (χ1n) is 6.88. The normalized spacial score (nSPS) is 18.1. The number of fused-ring (bicyclic) bond motifs is 1. The summed E-state index contributed by atoms with van der Waals surface area (Å²) in [6, 6.07) is 6.01. The minimum absolute atomic E-state index is 0.182. The van der Waals surface area contributed by atoms with E-state index in [2.05, 4.69) is 62.3 Å². The number of hydrogen-bond donors (Lipinski definition) is 2. The minimum atomic E-state index is -0.333. The first-order valence-corrected chi connectivity index (χ1v) is 6.88. The number of anilines is 1. The third-order valence-electron chi connectivity index (χ3n) is 3.94. The van der Waals surface area contributed by atoms with Gasteiger partial charge in [0, 0.05) is 11.3 Å². The number of hydrazine groups is 1. The molecule has 2 rings (SSSR count). The number of rotatable bonds is 2. The molecule has 3 N–H and O–H groups in total. The summed E-state index contributed by atoms with van der Waals surface area (Å²) >= 11 is 0. The molecule has 0 aliphatic carbocycles. The summed E-state index contributed by atoms with van der Waals surface area (Å²) < 4.78 is 0. The maximum absolute atomic E-state index is 12.0. The second kappa shape index (κ2) is 4.94. The Labute approximate surface area is 120 Å².